The lowest BCUT2D eigenvalue weighted by atomic mass is 10.1. The molecular formula is C27H28N6O4S. The van der Waals surface area contributed by atoms with Gasteiger partial charge in [0, 0.05) is 29.2 Å². The van der Waals surface area contributed by atoms with Gasteiger partial charge in [0.15, 0.2) is 22.5 Å². The fraction of sp³-hybridized carbons (Fsp3) is 0.222. The van der Waals surface area contributed by atoms with Crippen molar-refractivity contribution in [2.75, 3.05) is 26.6 Å². The molecule has 2 heterocycles. The number of methoxy groups -OCH3 is 2. The van der Waals surface area contributed by atoms with E-state index in [2.05, 4.69) is 25.7 Å². The summed E-state index contributed by atoms with van der Waals surface area (Å²) in [5.41, 5.74) is 5.67. The highest BCUT2D eigenvalue weighted by Crippen LogP contribution is 2.29. The molecular weight excluding hydrogens is 504 g/mol. The zero-order chi connectivity index (χ0) is 26.9. The maximum absolute atomic E-state index is 12.6. The van der Waals surface area contributed by atoms with Gasteiger partial charge in [-0.3, -0.25) is 14.3 Å². The number of hydrogen-bond acceptors (Lipinski definition) is 9. The van der Waals surface area contributed by atoms with E-state index in [4.69, 9.17) is 14.2 Å². The van der Waals surface area contributed by atoms with E-state index in [1.165, 1.54) is 11.8 Å². The predicted octanol–water partition coefficient (Wildman–Crippen LogP) is 4.38. The molecule has 196 valence electrons. The van der Waals surface area contributed by atoms with Gasteiger partial charge in [-0.2, -0.15) is 5.10 Å². The Hall–Kier alpha value is -4.38. The van der Waals surface area contributed by atoms with Crippen molar-refractivity contribution >= 4 is 23.4 Å². The molecule has 4 aromatic rings. The van der Waals surface area contributed by atoms with Crippen molar-refractivity contribution in [2.45, 2.75) is 19.0 Å². The van der Waals surface area contributed by atoms with Crippen LogP contribution in [0.2, 0.25) is 0 Å². The number of pyridine rings is 1. The molecule has 0 aliphatic carbocycles. The Balaban J connectivity index is 1.50. The van der Waals surface area contributed by atoms with Crippen LogP contribution in [0.15, 0.2) is 77.2 Å². The molecule has 0 fully saturated rings. The minimum Gasteiger partial charge on any atom is -0.494 e. The lowest BCUT2D eigenvalue weighted by Crippen LogP contribution is -2.21. The number of hydrazone groups is 1. The number of rotatable bonds is 11. The van der Waals surface area contributed by atoms with Crippen LogP contribution in [0.3, 0.4) is 0 Å². The Bertz CT molecular complexity index is 1410. The van der Waals surface area contributed by atoms with E-state index in [0.717, 1.165) is 22.6 Å². The van der Waals surface area contributed by atoms with Crippen molar-refractivity contribution in [3.8, 4) is 34.3 Å². The second kappa shape index (κ2) is 12.7. The molecule has 11 heteroatoms. The van der Waals surface area contributed by atoms with Crippen LogP contribution in [0.4, 0.5) is 0 Å². The number of carbonyl (C=O) groups excluding carboxylic acids is 1. The number of aromatic nitrogens is 4. The number of nitrogens with zero attached hydrogens (tertiary/aromatic N) is 5. The molecule has 1 amide bonds. The molecule has 0 radical (unpaired) electrons. The molecule has 38 heavy (non-hydrogen) atoms. The Morgan fingerprint density at radius 2 is 1.84 bits per heavy atom. The second-order valence-electron chi connectivity index (χ2n) is 7.90. The van der Waals surface area contributed by atoms with Crippen LogP contribution in [0.1, 0.15) is 19.4 Å². The van der Waals surface area contributed by atoms with Gasteiger partial charge in [-0.1, -0.05) is 11.8 Å². The summed E-state index contributed by atoms with van der Waals surface area (Å²) in [5, 5.41) is 13.5. The molecule has 10 nitrogen and oxygen atoms in total. The van der Waals surface area contributed by atoms with E-state index >= 15 is 0 Å². The largest absolute Gasteiger partial charge is 0.494 e. The van der Waals surface area contributed by atoms with Crippen molar-refractivity contribution < 1.29 is 19.0 Å². The van der Waals surface area contributed by atoms with Crippen molar-refractivity contribution in [3.63, 3.8) is 0 Å². The van der Waals surface area contributed by atoms with Gasteiger partial charge in [0.2, 0.25) is 0 Å². The van der Waals surface area contributed by atoms with Crippen LogP contribution in [0, 0.1) is 0 Å². The Kier molecular flexibility index (Phi) is 8.94. The van der Waals surface area contributed by atoms with Gasteiger partial charge in [-0.25, -0.2) is 5.43 Å². The minimum absolute atomic E-state index is 0.0882. The Morgan fingerprint density at radius 1 is 1.05 bits per heavy atom. The van der Waals surface area contributed by atoms with E-state index in [1.54, 1.807) is 45.7 Å². The third-order valence-electron chi connectivity index (χ3n) is 5.44. The molecule has 0 aliphatic rings. The number of benzene rings is 2. The SMILES string of the molecule is CCOc1ccc(-n2c(SCC(=O)NN=C(C)c3ccc(OC)c(OC)c3)nnc2-c2cccnc2)cc1. The van der Waals surface area contributed by atoms with Gasteiger partial charge in [0.1, 0.15) is 5.75 Å². The van der Waals surface area contributed by atoms with E-state index in [0.29, 0.717) is 34.8 Å². The second-order valence-corrected chi connectivity index (χ2v) is 8.84. The molecule has 0 saturated carbocycles. The van der Waals surface area contributed by atoms with E-state index < -0.39 is 0 Å². The van der Waals surface area contributed by atoms with Crippen LogP contribution in [0.25, 0.3) is 17.1 Å². The molecule has 0 atom stereocenters. The van der Waals surface area contributed by atoms with Crippen LogP contribution < -0.4 is 19.6 Å². The first-order valence-corrected chi connectivity index (χ1v) is 12.8. The van der Waals surface area contributed by atoms with E-state index in [1.807, 2.05) is 54.0 Å². The number of hydrogen-bond donors (Lipinski definition) is 1. The van der Waals surface area contributed by atoms with Crippen molar-refractivity contribution in [1.29, 1.82) is 0 Å². The molecule has 0 spiro atoms. The maximum atomic E-state index is 12.6. The topological polar surface area (TPSA) is 113 Å². The zero-order valence-corrected chi connectivity index (χ0v) is 22.4. The van der Waals surface area contributed by atoms with Crippen LogP contribution in [0.5, 0.6) is 17.2 Å². The normalized spacial score (nSPS) is 11.2. The standard InChI is InChI=1S/C27H28N6O4S/c1-5-37-22-11-9-21(10-12-22)33-26(20-7-6-14-28-16-20)31-32-27(33)38-17-25(34)30-29-18(2)19-8-13-23(35-3)24(15-19)36-4/h6-16H,5,17H2,1-4H3,(H,30,34). The molecule has 4 rings (SSSR count). The number of amides is 1. The van der Waals surface area contributed by atoms with Gasteiger partial charge >= 0.3 is 0 Å². The fourth-order valence-corrected chi connectivity index (χ4v) is 4.31. The molecule has 0 unspecified atom stereocenters. The van der Waals surface area contributed by atoms with Gasteiger partial charge in [0.05, 0.1) is 32.3 Å². The molecule has 0 bridgehead atoms. The molecule has 1 N–H and O–H groups in total. The van der Waals surface area contributed by atoms with E-state index in [9.17, 15) is 4.79 Å². The Morgan fingerprint density at radius 3 is 2.53 bits per heavy atom. The third kappa shape index (κ3) is 6.30. The number of ether oxygens (including phenoxy) is 3. The van der Waals surface area contributed by atoms with Gasteiger partial charge in [0.25, 0.3) is 5.91 Å². The highest BCUT2D eigenvalue weighted by Gasteiger charge is 2.18. The summed E-state index contributed by atoms with van der Waals surface area (Å²) < 4.78 is 18.1. The monoisotopic (exact) mass is 532 g/mol. The number of thioether (sulfide) groups is 1. The number of nitrogens with one attached hydrogen (secondary N) is 1. The zero-order valence-electron chi connectivity index (χ0n) is 21.5. The lowest BCUT2D eigenvalue weighted by molar-refractivity contribution is -0.118. The highest BCUT2D eigenvalue weighted by atomic mass is 32.2. The average molecular weight is 533 g/mol. The van der Waals surface area contributed by atoms with Crippen molar-refractivity contribution in [2.24, 2.45) is 5.10 Å². The quantitative estimate of drug-likeness (QED) is 0.172. The van der Waals surface area contributed by atoms with Crippen LogP contribution in [-0.4, -0.2) is 57.9 Å². The summed E-state index contributed by atoms with van der Waals surface area (Å²) in [4.78, 5) is 16.9. The first-order chi connectivity index (χ1) is 18.5. The minimum atomic E-state index is -0.279. The molecule has 0 aliphatic heterocycles. The summed E-state index contributed by atoms with van der Waals surface area (Å²) in [6.07, 6.45) is 3.42. The van der Waals surface area contributed by atoms with Crippen LogP contribution in [-0.2, 0) is 4.79 Å². The maximum Gasteiger partial charge on any atom is 0.250 e. The number of carbonyl (C=O) groups is 1. The van der Waals surface area contributed by atoms with Gasteiger partial charge in [-0.15, -0.1) is 10.2 Å². The molecule has 2 aromatic carbocycles. The highest BCUT2D eigenvalue weighted by molar-refractivity contribution is 7.99. The summed E-state index contributed by atoms with van der Waals surface area (Å²) in [6, 6.07) is 16.8. The first kappa shape index (κ1) is 26.7. The Labute approximate surface area is 225 Å². The van der Waals surface area contributed by atoms with E-state index in [-0.39, 0.29) is 11.7 Å². The smallest absolute Gasteiger partial charge is 0.250 e. The van der Waals surface area contributed by atoms with Crippen molar-refractivity contribution in [1.82, 2.24) is 25.2 Å². The van der Waals surface area contributed by atoms with Gasteiger partial charge < -0.3 is 14.2 Å². The summed E-state index contributed by atoms with van der Waals surface area (Å²) in [6.45, 7) is 4.32. The summed E-state index contributed by atoms with van der Waals surface area (Å²) >= 11 is 1.26. The van der Waals surface area contributed by atoms with Gasteiger partial charge in [-0.05, 0) is 68.4 Å². The van der Waals surface area contributed by atoms with Crippen molar-refractivity contribution in [3.05, 3.63) is 72.6 Å². The molecule has 0 saturated heterocycles. The molecule has 2 aromatic heterocycles. The lowest BCUT2D eigenvalue weighted by Gasteiger charge is -2.11. The summed E-state index contributed by atoms with van der Waals surface area (Å²) in [5.74, 6) is 2.39. The average Bonchev–Trinajstić information content (AvgIpc) is 3.39. The predicted molar refractivity (Wildman–Crippen MR) is 146 cm³/mol. The van der Waals surface area contributed by atoms with Crippen LogP contribution >= 0.6 is 11.8 Å². The fourth-order valence-electron chi connectivity index (χ4n) is 3.57. The third-order valence-corrected chi connectivity index (χ3v) is 6.37. The first-order valence-electron chi connectivity index (χ1n) is 11.8. The summed E-state index contributed by atoms with van der Waals surface area (Å²) in [7, 11) is 3.14.